The van der Waals surface area contributed by atoms with E-state index in [1.807, 2.05) is 44.8 Å². The van der Waals surface area contributed by atoms with Crippen LogP contribution in [0.2, 0.25) is 0 Å². The zero-order chi connectivity index (χ0) is 12.8. The number of anilines is 1. The van der Waals surface area contributed by atoms with E-state index in [-0.39, 0.29) is 0 Å². The van der Waals surface area contributed by atoms with Crippen LogP contribution < -0.4 is 10.2 Å². The number of nitrogens with zero attached hydrogens (tertiary/aromatic N) is 3. The SMILES string of the molecule is CNCCCN(C)c1ncc(-c2ccc[nH]2)cn1. The van der Waals surface area contributed by atoms with Crippen LogP contribution in [0.4, 0.5) is 5.95 Å². The summed E-state index contributed by atoms with van der Waals surface area (Å²) in [4.78, 5) is 14.0. The van der Waals surface area contributed by atoms with Gasteiger partial charge in [0.05, 0.1) is 0 Å². The highest BCUT2D eigenvalue weighted by molar-refractivity contribution is 5.57. The van der Waals surface area contributed by atoms with E-state index in [9.17, 15) is 0 Å². The van der Waals surface area contributed by atoms with Gasteiger partial charge in [-0.25, -0.2) is 9.97 Å². The molecule has 5 nitrogen and oxygen atoms in total. The summed E-state index contributed by atoms with van der Waals surface area (Å²) in [6.07, 6.45) is 6.67. The molecule has 0 aliphatic carbocycles. The van der Waals surface area contributed by atoms with Crippen molar-refractivity contribution in [3.63, 3.8) is 0 Å². The number of hydrogen-bond acceptors (Lipinski definition) is 4. The Morgan fingerprint density at radius 2 is 2.11 bits per heavy atom. The summed E-state index contributed by atoms with van der Waals surface area (Å²) in [5.41, 5.74) is 2.05. The lowest BCUT2D eigenvalue weighted by molar-refractivity contribution is 0.704. The van der Waals surface area contributed by atoms with Crippen molar-refractivity contribution in [2.45, 2.75) is 6.42 Å². The summed E-state index contributed by atoms with van der Waals surface area (Å²) in [6, 6.07) is 3.97. The molecule has 0 saturated carbocycles. The molecule has 2 rings (SSSR count). The van der Waals surface area contributed by atoms with Crippen molar-refractivity contribution in [3.05, 3.63) is 30.7 Å². The third kappa shape index (κ3) is 3.07. The highest BCUT2D eigenvalue weighted by atomic mass is 15.2. The van der Waals surface area contributed by atoms with Crippen LogP contribution in [0.5, 0.6) is 0 Å². The number of rotatable bonds is 6. The minimum absolute atomic E-state index is 0.765. The molecule has 0 unspecified atom stereocenters. The normalized spacial score (nSPS) is 10.6. The van der Waals surface area contributed by atoms with Gasteiger partial charge in [-0.15, -0.1) is 0 Å². The maximum absolute atomic E-state index is 4.39. The fourth-order valence-corrected chi connectivity index (χ4v) is 1.76. The van der Waals surface area contributed by atoms with Crippen LogP contribution in [0.15, 0.2) is 30.7 Å². The lowest BCUT2D eigenvalue weighted by atomic mass is 10.2. The van der Waals surface area contributed by atoms with Crippen LogP contribution in [0.25, 0.3) is 11.3 Å². The van der Waals surface area contributed by atoms with Crippen molar-refractivity contribution in [2.24, 2.45) is 0 Å². The lowest BCUT2D eigenvalue weighted by Gasteiger charge is -2.16. The minimum atomic E-state index is 0.765. The van der Waals surface area contributed by atoms with E-state index >= 15 is 0 Å². The molecule has 0 amide bonds. The van der Waals surface area contributed by atoms with E-state index in [4.69, 9.17) is 0 Å². The van der Waals surface area contributed by atoms with Crippen molar-refractivity contribution in [1.82, 2.24) is 20.3 Å². The number of aromatic amines is 1. The fourth-order valence-electron chi connectivity index (χ4n) is 1.76. The summed E-state index contributed by atoms with van der Waals surface area (Å²) in [5.74, 6) is 0.765. The van der Waals surface area contributed by atoms with Crippen LogP contribution in [-0.4, -0.2) is 42.1 Å². The Hall–Kier alpha value is -1.88. The van der Waals surface area contributed by atoms with Crippen molar-refractivity contribution in [2.75, 3.05) is 32.1 Å². The topological polar surface area (TPSA) is 56.8 Å². The average molecular weight is 245 g/mol. The van der Waals surface area contributed by atoms with Gasteiger partial charge in [0.15, 0.2) is 0 Å². The Bertz CT molecular complexity index is 449. The van der Waals surface area contributed by atoms with E-state index in [1.54, 1.807) is 0 Å². The molecular weight excluding hydrogens is 226 g/mol. The van der Waals surface area contributed by atoms with Gasteiger partial charge in [-0.05, 0) is 32.1 Å². The first-order valence-corrected chi connectivity index (χ1v) is 6.13. The molecule has 2 aromatic rings. The second-order valence-electron chi connectivity index (χ2n) is 4.23. The number of aromatic nitrogens is 3. The van der Waals surface area contributed by atoms with Gasteiger partial charge in [-0.2, -0.15) is 0 Å². The number of nitrogens with one attached hydrogen (secondary N) is 2. The average Bonchev–Trinajstić information content (AvgIpc) is 2.93. The van der Waals surface area contributed by atoms with Crippen molar-refractivity contribution < 1.29 is 0 Å². The summed E-state index contributed by atoms with van der Waals surface area (Å²) in [6.45, 7) is 1.95. The number of hydrogen-bond donors (Lipinski definition) is 2. The van der Waals surface area contributed by atoms with Gasteiger partial charge >= 0.3 is 0 Å². The molecule has 0 radical (unpaired) electrons. The van der Waals surface area contributed by atoms with Gasteiger partial charge in [0.1, 0.15) is 0 Å². The summed E-state index contributed by atoms with van der Waals surface area (Å²) < 4.78 is 0. The highest BCUT2D eigenvalue weighted by Gasteiger charge is 2.05. The summed E-state index contributed by atoms with van der Waals surface area (Å²) in [5, 5.41) is 3.13. The molecule has 18 heavy (non-hydrogen) atoms. The molecule has 2 heterocycles. The third-order valence-corrected chi connectivity index (χ3v) is 2.81. The zero-order valence-electron chi connectivity index (χ0n) is 10.8. The quantitative estimate of drug-likeness (QED) is 0.758. The van der Waals surface area contributed by atoms with Crippen molar-refractivity contribution in [3.8, 4) is 11.3 Å². The van der Waals surface area contributed by atoms with Crippen LogP contribution in [-0.2, 0) is 0 Å². The molecule has 2 N–H and O–H groups in total. The molecule has 0 aliphatic rings. The van der Waals surface area contributed by atoms with Crippen LogP contribution in [0.1, 0.15) is 6.42 Å². The molecule has 0 atom stereocenters. The summed E-state index contributed by atoms with van der Waals surface area (Å²) in [7, 11) is 3.97. The zero-order valence-corrected chi connectivity index (χ0v) is 10.8. The molecule has 2 aromatic heterocycles. The molecule has 0 spiro atoms. The van der Waals surface area contributed by atoms with Crippen molar-refractivity contribution >= 4 is 5.95 Å². The first-order valence-electron chi connectivity index (χ1n) is 6.13. The Balaban J connectivity index is 1.99. The smallest absolute Gasteiger partial charge is 0.225 e. The van der Waals surface area contributed by atoms with Gasteiger partial charge in [0.2, 0.25) is 5.95 Å². The van der Waals surface area contributed by atoms with E-state index < -0.39 is 0 Å². The molecular formula is C13H19N5. The van der Waals surface area contributed by atoms with Crippen LogP contribution in [0, 0.1) is 0 Å². The molecule has 0 bridgehead atoms. The Labute approximate surface area is 107 Å². The van der Waals surface area contributed by atoms with Gasteiger partial charge < -0.3 is 15.2 Å². The minimum Gasteiger partial charge on any atom is -0.361 e. The maximum Gasteiger partial charge on any atom is 0.225 e. The maximum atomic E-state index is 4.39. The largest absolute Gasteiger partial charge is 0.361 e. The van der Waals surface area contributed by atoms with Crippen LogP contribution >= 0.6 is 0 Å². The number of H-pyrrole nitrogens is 1. The van der Waals surface area contributed by atoms with Gasteiger partial charge in [-0.1, -0.05) is 0 Å². The summed E-state index contributed by atoms with van der Waals surface area (Å²) >= 11 is 0. The van der Waals surface area contributed by atoms with Gasteiger partial charge in [0, 0.05) is 43.4 Å². The third-order valence-electron chi connectivity index (χ3n) is 2.81. The molecule has 0 aliphatic heterocycles. The van der Waals surface area contributed by atoms with E-state index in [0.717, 1.165) is 36.7 Å². The molecule has 0 fully saturated rings. The fraction of sp³-hybridized carbons (Fsp3) is 0.385. The monoisotopic (exact) mass is 245 g/mol. The Morgan fingerprint density at radius 1 is 1.33 bits per heavy atom. The molecule has 5 heteroatoms. The predicted molar refractivity (Wildman–Crippen MR) is 73.6 cm³/mol. The first-order chi connectivity index (χ1) is 8.81. The molecule has 96 valence electrons. The first kappa shape index (κ1) is 12.6. The van der Waals surface area contributed by atoms with Gasteiger partial charge in [-0.3, -0.25) is 0 Å². The van der Waals surface area contributed by atoms with Crippen LogP contribution in [0.3, 0.4) is 0 Å². The Morgan fingerprint density at radius 3 is 2.72 bits per heavy atom. The van der Waals surface area contributed by atoms with Crippen molar-refractivity contribution in [1.29, 1.82) is 0 Å². The van der Waals surface area contributed by atoms with Gasteiger partial charge in [0.25, 0.3) is 0 Å². The highest BCUT2D eigenvalue weighted by Crippen LogP contribution is 2.16. The second-order valence-corrected chi connectivity index (χ2v) is 4.23. The standard InChI is InChI=1S/C13H19N5/c1-14-6-4-8-18(2)13-16-9-11(10-17-13)12-5-3-7-15-12/h3,5,7,9-10,14-15H,4,6,8H2,1-2H3. The molecule has 0 aromatic carbocycles. The predicted octanol–water partition coefficient (Wildman–Crippen LogP) is 1.52. The lowest BCUT2D eigenvalue weighted by Crippen LogP contribution is -2.23. The molecule has 0 saturated heterocycles. The Kier molecular flexibility index (Phi) is 4.30. The second kappa shape index (κ2) is 6.16. The van der Waals surface area contributed by atoms with E-state index in [2.05, 4.69) is 25.2 Å². The van der Waals surface area contributed by atoms with E-state index in [1.165, 1.54) is 0 Å². The van der Waals surface area contributed by atoms with E-state index in [0.29, 0.717) is 0 Å².